The Labute approximate surface area is 181 Å². The normalized spacial score (nSPS) is 18.4. The van der Waals surface area contributed by atoms with Gasteiger partial charge < -0.3 is 25.1 Å². The highest BCUT2D eigenvalue weighted by molar-refractivity contribution is 5.84. The van der Waals surface area contributed by atoms with Crippen LogP contribution in [0.5, 0.6) is 0 Å². The molecule has 0 spiro atoms. The third kappa shape index (κ3) is 4.79. The number of ether oxygens (including phenoxy) is 2. The molecule has 2 aromatic heterocycles. The van der Waals surface area contributed by atoms with Crippen molar-refractivity contribution in [2.45, 2.75) is 32.4 Å². The largest absolute Gasteiger partial charge is 0.381 e. The second-order valence-electron chi connectivity index (χ2n) is 8.19. The first-order valence-corrected chi connectivity index (χ1v) is 11.0. The average Bonchev–Trinajstić information content (AvgIpc) is 3.26. The van der Waals surface area contributed by atoms with Gasteiger partial charge in [-0.2, -0.15) is 9.97 Å². The summed E-state index contributed by atoms with van der Waals surface area (Å²) < 4.78 is 10.9. The molecular formula is C22H29N7O2. The first-order valence-electron chi connectivity index (χ1n) is 11.0. The van der Waals surface area contributed by atoms with E-state index in [9.17, 15) is 0 Å². The predicted octanol–water partition coefficient (Wildman–Crippen LogP) is 2.83. The molecule has 0 radical (unpaired) electrons. The van der Waals surface area contributed by atoms with Crippen molar-refractivity contribution in [2.24, 2.45) is 0 Å². The van der Waals surface area contributed by atoms with Crippen LogP contribution in [0, 0.1) is 6.92 Å². The minimum atomic E-state index is 0.337. The molecule has 164 valence electrons. The Balaban J connectivity index is 1.33. The summed E-state index contributed by atoms with van der Waals surface area (Å²) in [7, 11) is 0. The van der Waals surface area contributed by atoms with Crippen LogP contribution in [-0.2, 0) is 16.0 Å². The third-order valence-electron chi connectivity index (χ3n) is 5.89. The maximum absolute atomic E-state index is 5.47. The fourth-order valence-electron chi connectivity index (χ4n) is 4.13. The van der Waals surface area contributed by atoms with Gasteiger partial charge in [-0.05, 0) is 37.0 Å². The van der Waals surface area contributed by atoms with Gasteiger partial charge in [0.25, 0.3) is 0 Å². The molecule has 3 N–H and O–H groups in total. The van der Waals surface area contributed by atoms with Crippen LogP contribution >= 0.6 is 0 Å². The van der Waals surface area contributed by atoms with Gasteiger partial charge in [-0.3, -0.25) is 4.90 Å². The number of hydrogen-bond acceptors (Lipinski definition) is 8. The van der Waals surface area contributed by atoms with E-state index < -0.39 is 0 Å². The molecule has 0 amide bonds. The summed E-state index contributed by atoms with van der Waals surface area (Å²) in [6.45, 7) is 8.20. The van der Waals surface area contributed by atoms with Crippen LogP contribution < -0.4 is 10.6 Å². The summed E-state index contributed by atoms with van der Waals surface area (Å²) in [6.07, 6.45) is 3.59. The summed E-state index contributed by atoms with van der Waals surface area (Å²) in [6, 6.07) is 6.84. The molecular weight excluding hydrogens is 394 g/mol. The Morgan fingerprint density at radius 1 is 1.10 bits per heavy atom. The maximum atomic E-state index is 5.47. The second kappa shape index (κ2) is 9.17. The summed E-state index contributed by atoms with van der Waals surface area (Å²) in [4.78, 5) is 19.3. The van der Waals surface area contributed by atoms with Gasteiger partial charge in [0, 0.05) is 44.6 Å². The number of nitrogens with zero attached hydrogens (tertiary/aromatic N) is 4. The van der Waals surface area contributed by atoms with Crippen molar-refractivity contribution in [1.82, 2.24) is 24.8 Å². The fraction of sp³-hybridized carbons (Fsp3) is 0.500. The quantitative estimate of drug-likeness (QED) is 0.557. The Morgan fingerprint density at radius 3 is 2.71 bits per heavy atom. The highest BCUT2D eigenvalue weighted by atomic mass is 16.5. The lowest BCUT2D eigenvalue weighted by Crippen LogP contribution is -2.35. The molecule has 2 fully saturated rings. The number of rotatable bonds is 6. The van der Waals surface area contributed by atoms with Gasteiger partial charge in [0.15, 0.2) is 11.5 Å². The van der Waals surface area contributed by atoms with Crippen LogP contribution in [0.15, 0.2) is 24.5 Å². The molecule has 0 unspecified atom stereocenters. The minimum absolute atomic E-state index is 0.337. The van der Waals surface area contributed by atoms with Gasteiger partial charge >= 0.3 is 0 Å². The van der Waals surface area contributed by atoms with Crippen LogP contribution in [0.2, 0.25) is 0 Å². The Morgan fingerprint density at radius 2 is 1.90 bits per heavy atom. The molecule has 0 aliphatic carbocycles. The van der Waals surface area contributed by atoms with Crippen LogP contribution in [0.4, 0.5) is 17.5 Å². The van der Waals surface area contributed by atoms with Crippen molar-refractivity contribution in [2.75, 3.05) is 50.2 Å². The molecule has 3 aromatic rings. The Kier molecular flexibility index (Phi) is 5.97. The molecule has 9 nitrogen and oxygen atoms in total. The standard InChI is InChI=1S/C22H29N7O2/c1-15-12-16(13-29-6-10-31-11-7-29)2-3-18(15)26-22-27-20-19(23-14-24-20)21(28-22)25-17-4-8-30-9-5-17/h2-3,12,14,17H,4-11,13H2,1H3,(H3,23,24,25,26,27,28). The molecule has 5 rings (SSSR count). The lowest BCUT2D eigenvalue weighted by molar-refractivity contribution is 0.0342. The number of morpholine rings is 1. The number of aryl methyl sites for hydroxylation is 1. The van der Waals surface area contributed by atoms with Gasteiger partial charge in [-0.15, -0.1) is 0 Å². The lowest BCUT2D eigenvalue weighted by Gasteiger charge is -2.26. The number of H-pyrrole nitrogens is 1. The lowest BCUT2D eigenvalue weighted by atomic mass is 10.1. The summed E-state index contributed by atoms with van der Waals surface area (Å²) in [5.74, 6) is 1.32. The summed E-state index contributed by atoms with van der Waals surface area (Å²) >= 11 is 0. The highest BCUT2D eigenvalue weighted by Gasteiger charge is 2.18. The number of anilines is 3. The summed E-state index contributed by atoms with van der Waals surface area (Å²) in [5, 5.41) is 6.94. The third-order valence-corrected chi connectivity index (χ3v) is 5.89. The predicted molar refractivity (Wildman–Crippen MR) is 120 cm³/mol. The van der Waals surface area contributed by atoms with E-state index in [1.54, 1.807) is 6.33 Å². The van der Waals surface area contributed by atoms with Crippen molar-refractivity contribution >= 4 is 28.6 Å². The molecule has 1 aromatic carbocycles. The van der Waals surface area contributed by atoms with Gasteiger partial charge in [0.05, 0.1) is 19.5 Å². The number of hydrogen-bond donors (Lipinski definition) is 3. The first kappa shape index (κ1) is 20.2. The zero-order valence-electron chi connectivity index (χ0n) is 17.9. The maximum Gasteiger partial charge on any atom is 0.231 e. The van der Waals surface area contributed by atoms with Crippen molar-refractivity contribution in [3.63, 3.8) is 0 Å². The van der Waals surface area contributed by atoms with Crippen molar-refractivity contribution in [3.8, 4) is 0 Å². The number of benzene rings is 1. The number of fused-ring (bicyclic) bond motifs is 1. The number of nitrogens with one attached hydrogen (secondary N) is 3. The van der Waals surface area contributed by atoms with E-state index in [1.165, 1.54) is 5.56 Å². The fourth-order valence-corrected chi connectivity index (χ4v) is 4.13. The Hall–Kier alpha value is -2.75. The number of imidazole rings is 1. The van der Waals surface area contributed by atoms with E-state index in [-0.39, 0.29) is 0 Å². The van der Waals surface area contributed by atoms with Gasteiger partial charge in [-0.1, -0.05) is 12.1 Å². The van der Waals surface area contributed by atoms with E-state index in [1.807, 2.05) is 0 Å². The molecule has 0 bridgehead atoms. The van der Waals surface area contributed by atoms with Crippen LogP contribution in [-0.4, -0.2) is 70.4 Å². The molecule has 0 atom stereocenters. The van der Waals surface area contributed by atoms with E-state index in [2.05, 4.69) is 55.6 Å². The molecule has 4 heterocycles. The Bertz CT molecular complexity index is 1030. The molecule has 0 saturated carbocycles. The molecule has 9 heteroatoms. The van der Waals surface area contributed by atoms with Crippen molar-refractivity contribution in [3.05, 3.63) is 35.7 Å². The second-order valence-corrected chi connectivity index (χ2v) is 8.19. The van der Waals surface area contributed by atoms with E-state index in [4.69, 9.17) is 14.5 Å². The molecule has 2 aliphatic rings. The van der Waals surface area contributed by atoms with Gasteiger partial charge in [-0.25, -0.2) is 4.98 Å². The highest BCUT2D eigenvalue weighted by Crippen LogP contribution is 2.25. The zero-order chi connectivity index (χ0) is 21.0. The average molecular weight is 424 g/mol. The van der Waals surface area contributed by atoms with E-state index in [0.717, 1.165) is 81.5 Å². The monoisotopic (exact) mass is 423 g/mol. The smallest absolute Gasteiger partial charge is 0.231 e. The number of aromatic amines is 1. The van der Waals surface area contributed by atoms with Crippen LogP contribution in [0.3, 0.4) is 0 Å². The van der Waals surface area contributed by atoms with Crippen molar-refractivity contribution in [1.29, 1.82) is 0 Å². The SMILES string of the molecule is Cc1cc(CN2CCOCC2)ccc1Nc1nc(NC2CCOCC2)c2[nH]cnc2n1. The van der Waals surface area contributed by atoms with Crippen LogP contribution in [0.1, 0.15) is 24.0 Å². The minimum Gasteiger partial charge on any atom is -0.381 e. The zero-order valence-corrected chi connectivity index (χ0v) is 17.9. The topological polar surface area (TPSA) is 100 Å². The molecule has 2 saturated heterocycles. The van der Waals surface area contributed by atoms with E-state index in [0.29, 0.717) is 17.6 Å². The number of aromatic nitrogens is 4. The first-order chi connectivity index (χ1) is 15.2. The van der Waals surface area contributed by atoms with Gasteiger partial charge in [0.1, 0.15) is 5.52 Å². The van der Waals surface area contributed by atoms with Crippen molar-refractivity contribution < 1.29 is 9.47 Å². The summed E-state index contributed by atoms with van der Waals surface area (Å²) in [5.41, 5.74) is 4.94. The molecule has 31 heavy (non-hydrogen) atoms. The van der Waals surface area contributed by atoms with Gasteiger partial charge in [0.2, 0.25) is 5.95 Å². The van der Waals surface area contributed by atoms with Crippen LogP contribution in [0.25, 0.3) is 11.2 Å². The molecule has 2 aliphatic heterocycles. The van der Waals surface area contributed by atoms with E-state index >= 15 is 0 Å².